The van der Waals surface area contributed by atoms with Crippen LogP contribution in [-0.2, 0) is 4.43 Å². The molecule has 0 spiro atoms. The van der Waals surface area contributed by atoms with E-state index in [9.17, 15) is 14.0 Å². The lowest BCUT2D eigenvalue weighted by Gasteiger charge is -2.34. The highest BCUT2D eigenvalue weighted by molar-refractivity contribution is 14.1. The number of benzene rings is 2. The van der Waals surface area contributed by atoms with Gasteiger partial charge in [0.1, 0.15) is 17.5 Å². The maximum absolute atomic E-state index is 14.9. The van der Waals surface area contributed by atoms with Gasteiger partial charge in [-0.1, -0.05) is 46.9 Å². The van der Waals surface area contributed by atoms with Gasteiger partial charge in [0.05, 0.1) is 16.8 Å². The van der Waals surface area contributed by atoms with E-state index in [2.05, 4.69) is 43.1 Å². The van der Waals surface area contributed by atoms with E-state index in [4.69, 9.17) is 5.41 Å². The van der Waals surface area contributed by atoms with Gasteiger partial charge in [-0.05, 0) is 42.9 Å². The van der Waals surface area contributed by atoms with Gasteiger partial charge in [0, 0.05) is 42.4 Å². The third-order valence-corrected chi connectivity index (χ3v) is 6.83. The summed E-state index contributed by atoms with van der Waals surface area (Å²) in [7, 11) is 2.02. The summed E-state index contributed by atoms with van der Waals surface area (Å²) >= 11 is 2.23. The number of pyridine rings is 1. The molecular formula is C26H26FIN6O2. The zero-order valence-corrected chi connectivity index (χ0v) is 21.9. The highest BCUT2D eigenvalue weighted by atomic mass is 127. The van der Waals surface area contributed by atoms with Crippen LogP contribution in [0.1, 0.15) is 31.8 Å². The maximum atomic E-state index is 14.9. The summed E-state index contributed by atoms with van der Waals surface area (Å²) in [6.07, 6.45) is 1.69. The number of likely N-dealkylation sites (N-methyl/N-ethyl adjacent to an activating group) is 1. The van der Waals surface area contributed by atoms with Crippen LogP contribution in [0.15, 0.2) is 60.8 Å². The van der Waals surface area contributed by atoms with E-state index in [0.717, 1.165) is 23.1 Å². The van der Waals surface area contributed by atoms with Crippen molar-refractivity contribution in [1.82, 2.24) is 14.8 Å². The monoisotopic (exact) mass is 600 g/mol. The average molecular weight is 600 g/mol. The molecule has 36 heavy (non-hydrogen) atoms. The Morgan fingerprint density at radius 2 is 1.72 bits per heavy atom. The van der Waals surface area contributed by atoms with E-state index in [1.807, 2.05) is 18.0 Å². The minimum Gasteiger partial charge on any atom is -0.354 e. The Balaban J connectivity index is 1.46. The second-order valence-electron chi connectivity index (χ2n) is 8.47. The van der Waals surface area contributed by atoms with E-state index >= 15 is 0 Å². The fourth-order valence-electron chi connectivity index (χ4n) is 3.80. The first kappa shape index (κ1) is 25.7. The van der Waals surface area contributed by atoms with Gasteiger partial charge in [-0.2, -0.15) is 0 Å². The molecule has 2 amide bonds. The minimum atomic E-state index is -0.731. The lowest BCUT2D eigenvalue weighted by Crippen LogP contribution is -2.47. The van der Waals surface area contributed by atoms with Gasteiger partial charge in [0.25, 0.3) is 11.8 Å². The number of hydrogen-bond acceptors (Lipinski definition) is 5. The fourth-order valence-corrected chi connectivity index (χ4v) is 4.25. The number of amides is 2. The highest BCUT2D eigenvalue weighted by Gasteiger charge is 2.21. The van der Waals surface area contributed by atoms with Crippen molar-refractivity contribution in [2.45, 2.75) is 4.43 Å². The molecular weight excluding hydrogens is 574 g/mol. The van der Waals surface area contributed by atoms with Gasteiger partial charge in [0.15, 0.2) is 0 Å². The molecule has 0 saturated carbocycles. The van der Waals surface area contributed by atoms with E-state index in [1.54, 1.807) is 42.6 Å². The van der Waals surface area contributed by atoms with Gasteiger partial charge in [0.2, 0.25) is 0 Å². The number of carbonyl (C=O) groups is 2. The molecule has 0 radical (unpaired) electrons. The fraction of sp³-hybridized carbons (Fsp3) is 0.231. The van der Waals surface area contributed by atoms with E-state index in [1.165, 1.54) is 12.1 Å². The molecule has 186 valence electrons. The summed E-state index contributed by atoms with van der Waals surface area (Å²) < 4.78 is 15.7. The van der Waals surface area contributed by atoms with Crippen molar-refractivity contribution in [3.63, 3.8) is 0 Å². The molecule has 8 nitrogen and oxygen atoms in total. The number of nitrogens with zero attached hydrogens (tertiary/aromatic N) is 3. The number of halogens is 2. The van der Waals surface area contributed by atoms with Gasteiger partial charge >= 0.3 is 0 Å². The molecule has 0 aliphatic carbocycles. The number of carbonyl (C=O) groups excluding carboxylic acids is 2. The van der Waals surface area contributed by atoms with Crippen molar-refractivity contribution in [3.05, 3.63) is 88.9 Å². The van der Waals surface area contributed by atoms with E-state index < -0.39 is 17.6 Å². The van der Waals surface area contributed by atoms with Crippen molar-refractivity contribution >= 4 is 51.7 Å². The summed E-state index contributed by atoms with van der Waals surface area (Å²) in [6, 6.07) is 14.2. The number of rotatable bonds is 6. The second-order valence-corrected chi connectivity index (χ2v) is 9.24. The van der Waals surface area contributed by atoms with Crippen LogP contribution in [0.5, 0.6) is 0 Å². The number of alkyl halides is 1. The van der Waals surface area contributed by atoms with Crippen LogP contribution >= 0.6 is 22.6 Å². The third-order valence-electron chi connectivity index (χ3n) is 5.95. The maximum Gasteiger partial charge on any atom is 0.258 e. The Morgan fingerprint density at radius 1 is 1.00 bits per heavy atom. The minimum absolute atomic E-state index is 0.170. The molecule has 0 unspecified atom stereocenters. The number of anilines is 2. The number of hydrogen-bond donors (Lipinski definition) is 3. The van der Waals surface area contributed by atoms with Crippen LogP contribution in [0.3, 0.4) is 0 Å². The molecule has 2 aromatic carbocycles. The standard InChI is InChI=1S/C26H26FIN6O2/c1-33-10-12-34(13-11-33)24(29)18-7-8-19(21(27)14-18)25(35)31-22-5-3-2-4-20(22)26(36)32-23-9-6-17(15-28)16-30-23/h2-9,14,16,29H,10-13,15H2,1H3,(H,31,35)(H,30,32,36). The predicted octanol–water partition coefficient (Wildman–Crippen LogP) is 4.23. The van der Waals surface area contributed by atoms with Crippen LogP contribution in [0.4, 0.5) is 15.9 Å². The van der Waals surface area contributed by atoms with Crippen molar-refractivity contribution < 1.29 is 14.0 Å². The SMILES string of the molecule is CN1CCN(C(=N)c2ccc(C(=O)Nc3ccccc3C(=O)Nc3ccc(CI)cn3)c(F)c2)CC1. The Bertz CT molecular complexity index is 1280. The summed E-state index contributed by atoms with van der Waals surface area (Å²) in [4.78, 5) is 34.0. The lowest BCUT2D eigenvalue weighted by molar-refractivity contribution is 0.102. The van der Waals surface area contributed by atoms with Crippen molar-refractivity contribution in [2.24, 2.45) is 0 Å². The molecule has 2 heterocycles. The second kappa shape index (κ2) is 11.6. The predicted molar refractivity (Wildman–Crippen MR) is 147 cm³/mol. The normalized spacial score (nSPS) is 13.8. The summed E-state index contributed by atoms with van der Waals surface area (Å²) in [5.74, 6) is -1.24. The Morgan fingerprint density at radius 3 is 2.39 bits per heavy atom. The van der Waals surface area contributed by atoms with Crippen LogP contribution in [0.25, 0.3) is 0 Å². The first-order chi connectivity index (χ1) is 17.4. The number of aromatic nitrogens is 1. The Labute approximate surface area is 222 Å². The molecule has 1 aliphatic heterocycles. The van der Waals surface area contributed by atoms with Gasteiger partial charge in [-0.3, -0.25) is 15.0 Å². The molecule has 0 atom stereocenters. The highest BCUT2D eigenvalue weighted by Crippen LogP contribution is 2.20. The molecule has 10 heteroatoms. The van der Waals surface area contributed by atoms with Gasteiger partial charge < -0.3 is 20.4 Å². The lowest BCUT2D eigenvalue weighted by atomic mass is 10.1. The zero-order chi connectivity index (χ0) is 25.7. The van der Waals surface area contributed by atoms with Crippen molar-refractivity contribution in [3.8, 4) is 0 Å². The zero-order valence-electron chi connectivity index (χ0n) is 19.7. The Kier molecular flexibility index (Phi) is 8.26. The topological polar surface area (TPSA) is 101 Å². The largest absolute Gasteiger partial charge is 0.354 e. The molecule has 3 aromatic rings. The summed E-state index contributed by atoms with van der Waals surface area (Å²) in [5.41, 5.74) is 1.75. The molecule has 0 bridgehead atoms. The van der Waals surface area contributed by atoms with Crippen molar-refractivity contribution in [2.75, 3.05) is 43.9 Å². The quantitative estimate of drug-likeness (QED) is 0.170. The van der Waals surface area contributed by atoms with E-state index in [-0.39, 0.29) is 22.6 Å². The van der Waals surface area contributed by atoms with Crippen LogP contribution in [-0.4, -0.2) is 65.7 Å². The molecule has 3 N–H and O–H groups in total. The van der Waals surface area contributed by atoms with Crippen molar-refractivity contribution in [1.29, 1.82) is 5.41 Å². The van der Waals surface area contributed by atoms with Crippen LogP contribution in [0, 0.1) is 11.2 Å². The number of para-hydroxylation sites is 1. The van der Waals surface area contributed by atoms with Crippen LogP contribution < -0.4 is 10.6 Å². The number of amidine groups is 1. The summed E-state index contributed by atoms with van der Waals surface area (Å²) in [5, 5.41) is 13.8. The molecule has 4 rings (SSSR count). The average Bonchev–Trinajstić information content (AvgIpc) is 2.89. The first-order valence-corrected chi connectivity index (χ1v) is 12.9. The number of nitrogens with one attached hydrogen (secondary N) is 3. The number of piperazine rings is 1. The molecule has 1 aromatic heterocycles. The van der Waals surface area contributed by atoms with E-state index in [0.29, 0.717) is 24.5 Å². The third kappa shape index (κ3) is 6.05. The molecule has 1 fully saturated rings. The molecule has 1 aliphatic rings. The van der Waals surface area contributed by atoms with Gasteiger partial charge in [-0.25, -0.2) is 9.37 Å². The first-order valence-electron chi connectivity index (χ1n) is 11.4. The molecule has 1 saturated heterocycles. The smallest absolute Gasteiger partial charge is 0.258 e. The van der Waals surface area contributed by atoms with Crippen LogP contribution in [0.2, 0.25) is 0 Å². The Hall–Kier alpha value is -3.38. The summed E-state index contributed by atoms with van der Waals surface area (Å²) in [6.45, 7) is 3.04. The van der Waals surface area contributed by atoms with Gasteiger partial charge in [-0.15, -0.1) is 0 Å².